The Labute approximate surface area is 165 Å². The van der Waals surface area contributed by atoms with Crippen LogP contribution in [0.15, 0.2) is 72.1 Å². The number of carbonyl (C=O) groups is 1. The Morgan fingerprint density at radius 2 is 1.79 bits per heavy atom. The maximum atomic E-state index is 12.6. The molecule has 0 unspecified atom stereocenters. The van der Waals surface area contributed by atoms with Crippen molar-refractivity contribution in [3.8, 4) is 22.8 Å². The van der Waals surface area contributed by atoms with E-state index in [4.69, 9.17) is 9.47 Å². The van der Waals surface area contributed by atoms with Crippen molar-refractivity contribution in [2.24, 2.45) is 0 Å². The lowest BCUT2D eigenvalue weighted by molar-refractivity contribution is -0.125. The lowest BCUT2D eigenvalue weighted by Crippen LogP contribution is -2.40. The molecular weight excluding hydrogens is 372 g/mol. The molecule has 1 aliphatic heterocycles. The topological polar surface area (TPSA) is 60.5 Å². The van der Waals surface area contributed by atoms with Gasteiger partial charge < -0.3 is 9.47 Å². The van der Waals surface area contributed by atoms with Gasteiger partial charge in [-0.15, -0.1) is 11.3 Å². The number of para-hydroxylation sites is 2. The van der Waals surface area contributed by atoms with Crippen LogP contribution in [0.1, 0.15) is 0 Å². The van der Waals surface area contributed by atoms with E-state index in [9.17, 15) is 4.79 Å². The number of amides is 1. The molecule has 0 saturated carbocycles. The number of benzene rings is 3. The van der Waals surface area contributed by atoms with Gasteiger partial charge in [-0.2, -0.15) is 0 Å². The second-order valence-corrected chi connectivity index (χ2v) is 7.28. The molecule has 0 radical (unpaired) electrons. The number of nitrogens with one attached hydrogen (secondary N) is 1. The number of aromatic nitrogens is 1. The molecule has 1 aromatic heterocycles. The molecule has 3 aromatic carbocycles. The zero-order valence-corrected chi connectivity index (χ0v) is 15.6. The van der Waals surface area contributed by atoms with Crippen LogP contribution in [0.5, 0.6) is 11.5 Å². The molecule has 28 heavy (non-hydrogen) atoms. The molecule has 0 bridgehead atoms. The molecule has 2 heterocycles. The van der Waals surface area contributed by atoms with Gasteiger partial charge in [0.1, 0.15) is 6.61 Å². The van der Waals surface area contributed by atoms with Crippen molar-refractivity contribution in [3.05, 3.63) is 72.1 Å². The van der Waals surface area contributed by atoms with Crippen molar-refractivity contribution in [3.63, 3.8) is 0 Å². The molecule has 5 rings (SSSR count). The Morgan fingerprint density at radius 3 is 2.71 bits per heavy atom. The van der Waals surface area contributed by atoms with Crippen LogP contribution in [0.3, 0.4) is 0 Å². The molecule has 6 heteroatoms. The fraction of sp³-hybridized carbons (Fsp3) is 0.0909. The van der Waals surface area contributed by atoms with Crippen molar-refractivity contribution in [1.82, 2.24) is 4.98 Å². The molecule has 1 N–H and O–H groups in total. The summed E-state index contributed by atoms with van der Waals surface area (Å²) in [6.45, 7) is 0.171. The molecule has 5 nitrogen and oxygen atoms in total. The number of anilines is 1. The van der Waals surface area contributed by atoms with Crippen LogP contribution in [0.25, 0.3) is 22.0 Å². The van der Waals surface area contributed by atoms with E-state index in [-0.39, 0.29) is 12.5 Å². The van der Waals surface area contributed by atoms with Gasteiger partial charge in [0.2, 0.25) is 6.10 Å². The van der Waals surface area contributed by atoms with E-state index in [1.807, 2.05) is 47.8 Å². The highest BCUT2D eigenvalue weighted by Crippen LogP contribution is 2.33. The number of carbonyl (C=O) groups excluding carboxylic acids is 1. The first kappa shape index (κ1) is 16.8. The van der Waals surface area contributed by atoms with Gasteiger partial charge in [-0.1, -0.05) is 54.6 Å². The Balaban J connectivity index is 1.35. The Morgan fingerprint density at radius 1 is 1.00 bits per heavy atom. The lowest BCUT2D eigenvalue weighted by Gasteiger charge is -2.25. The summed E-state index contributed by atoms with van der Waals surface area (Å²) >= 11 is 1.39. The van der Waals surface area contributed by atoms with Crippen LogP contribution >= 0.6 is 11.3 Å². The predicted molar refractivity (Wildman–Crippen MR) is 110 cm³/mol. The molecule has 1 amide bonds. The molecule has 0 fully saturated rings. The SMILES string of the molecule is O=C(Nc1nc(-c2cccc3ccccc23)cs1)[C@@H]1COc2ccccc2O1. The fourth-order valence-corrected chi connectivity index (χ4v) is 3.95. The van der Waals surface area contributed by atoms with Crippen molar-refractivity contribution >= 4 is 33.1 Å². The Hall–Kier alpha value is -3.38. The smallest absolute Gasteiger partial charge is 0.270 e. The van der Waals surface area contributed by atoms with Crippen LogP contribution < -0.4 is 14.8 Å². The number of fused-ring (bicyclic) bond motifs is 2. The highest BCUT2D eigenvalue weighted by Gasteiger charge is 2.28. The van der Waals surface area contributed by atoms with E-state index in [0.717, 1.165) is 22.0 Å². The van der Waals surface area contributed by atoms with Crippen molar-refractivity contribution in [2.75, 3.05) is 11.9 Å². The third kappa shape index (κ3) is 3.08. The zero-order valence-electron chi connectivity index (χ0n) is 14.8. The van der Waals surface area contributed by atoms with Gasteiger partial charge in [0.05, 0.1) is 5.69 Å². The molecule has 1 atom stereocenters. The summed E-state index contributed by atoms with van der Waals surface area (Å²) in [5.41, 5.74) is 1.88. The van der Waals surface area contributed by atoms with Gasteiger partial charge in [-0.25, -0.2) is 4.98 Å². The summed E-state index contributed by atoms with van der Waals surface area (Å²) in [7, 11) is 0. The van der Waals surface area contributed by atoms with Gasteiger partial charge in [-0.05, 0) is 22.9 Å². The summed E-state index contributed by atoms with van der Waals surface area (Å²) in [5, 5.41) is 7.62. The lowest BCUT2D eigenvalue weighted by atomic mass is 10.0. The van der Waals surface area contributed by atoms with Gasteiger partial charge in [0, 0.05) is 10.9 Å². The van der Waals surface area contributed by atoms with Crippen LogP contribution in [0.4, 0.5) is 5.13 Å². The number of ether oxygens (including phenoxy) is 2. The second kappa shape index (κ2) is 6.98. The number of hydrogen-bond donors (Lipinski definition) is 1. The van der Waals surface area contributed by atoms with Gasteiger partial charge >= 0.3 is 0 Å². The zero-order chi connectivity index (χ0) is 18.9. The summed E-state index contributed by atoms with van der Waals surface area (Å²) in [6.07, 6.45) is -0.709. The normalized spacial score (nSPS) is 15.4. The van der Waals surface area contributed by atoms with Crippen LogP contribution in [0.2, 0.25) is 0 Å². The predicted octanol–water partition coefficient (Wildman–Crippen LogP) is 4.74. The first-order chi connectivity index (χ1) is 13.8. The maximum Gasteiger partial charge on any atom is 0.270 e. The second-order valence-electron chi connectivity index (χ2n) is 6.42. The number of thiazole rings is 1. The van der Waals surface area contributed by atoms with Crippen LogP contribution in [-0.2, 0) is 4.79 Å². The molecule has 1 aliphatic rings. The van der Waals surface area contributed by atoms with Gasteiger partial charge in [0.25, 0.3) is 5.91 Å². The summed E-state index contributed by atoms with van der Waals surface area (Å²) < 4.78 is 11.4. The maximum absolute atomic E-state index is 12.6. The first-order valence-electron chi connectivity index (χ1n) is 8.91. The summed E-state index contributed by atoms with van der Waals surface area (Å²) in [4.78, 5) is 17.2. The minimum atomic E-state index is -0.709. The molecule has 0 spiro atoms. The molecule has 0 aliphatic carbocycles. The van der Waals surface area contributed by atoms with E-state index in [1.165, 1.54) is 11.3 Å². The van der Waals surface area contributed by atoms with Gasteiger partial charge in [0.15, 0.2) is 16.6 Å². The Kier molecular flexibility index (Phi) is 4.18. The largest absolute Gasteiger partial charge is 0.485 e. The number of nitrogens with zero attached hydrogens (tertiary/aromatic N) is 1. The minimum Gasteiger partial charge on any atom is -0.485 e. The van der Waals surface area contributed by atoms with E-state index in [0.29, 0.717) is 16.6 Å². The highest BCUT2D eigenvalue weighted by molar-refractivity contribution is 7.14. The van der Waals surface area contributed by atoms with E-state index >= 15 is 0 Å². The number of hydrogen-bond acceptors (Lipinski definition) is 5. The average Bonchev–Trinajstić information content (AvgIpc) is 3.21. The molecule has 138 valence electrons. The average molecular weight is 388 g/mol. The quantitative estimate of drug-likeness (QED) is 0.551. The van der Waals surface area contributed by atoms with Crippen molar-refractivity contribution < 1.29 is 14.3 Å². The van der Waals surface area contributed by atoms with Crippen molar-refractivity contribution in [1.29, 1.82) is 0 Å². The monoisotopic (exact) mass is 388 g/mol. The third-order valence-electron chi connectivity index (χ3n) is 4.60. The molecule has 4 aromatic rings. The van der Waals surface area contributed by atoms with Gasteiger partial charge in [-0.3, -0.25) is 10.1 Å². The van der Waals surface area contributed by atoms with Crippen molar-refractivity contribution in [2.45, 2.75) is 6.10 Å². The van der Waals surface area contributed by atoms with Crippen LogP contribution in [-0.4, -0.2) is 23.6 Å². The van der Waals surface area contributed by atoms with E-state index in [1.54, 1.807) is 6.07 Å². The standard InChI is InChI=1S/C22H16N2O3S/c25-21(20-12-26-18-10-3-4-11-19(18)27-20)24-22-23-17(13-28-22)16-9-5-7-14-6-1-2-8-15(14)16/h1-11,13,20H,12H2,(H,23,24,25)/t20-/m0/s1. The third-order valence-corrected chi connectivity index (χ3v) is 5.36. The van der Waals surface area contributed by atoms with E-state index in [2.05, 4.69) is 28.5 Å². The Bertz CT molecular complexity index is 1170. The molecule has 0 saturated heterocycles. The number of rotatable bonds is 3. The summed E-state index contributed by atoms with van der Waals surface area (Å²) in [5.74, 6) is 0.955. The minimum absolute atomic E-state index is 0.171. The highest BCUT2D eigenvalue weighted by atomic mass is 32.1. The summed E-state index contributed by atoms with van der Waals surface area (Å²) in [6, 6.07) is 21.6. The first-order valence-corrected chi connectivity index (χ1v) is 9.79. The van der Waals surface area contributed by atoms with E-state index < -0.39 is 6.10 Å². The fourth-order valence-electron chi connectivity index (χ4n) is 3.24. The van der Waals surface area contributed by atoms with Crippen LogP contribution in [0, 0.1) is 0 Å². The molecular formula is C22H16N2O3S.